The minimum Gasteiger partial charge on any atom is -1.00 e. The number of hydrogen-bond acceptors (Lipinski definition) is 2. The third kappa shape index (κ3) is 8.87. The molecule has 0 radical (unpaired) electrons. The summed E-state index contributed by atoms with van der Waals surface area (Å²) >= 11 is 0. The Labute approximate surface area is 62.0 Å². The summed E-state index contributed by atoms with van der Waals surface area (Å²) in [6, 6.07) is 0.162. The van der Waals surface area contributed by atoms with Gasteiger partial charge in [0.05, 0.1) is 0 Å². The van der Waals surface area contributed by atoms with E-state index in [0.29, 0.717) is 6.54 Å². The van der Waals surface area contributed by atoms with Crippen molar-refractivity contribution >= 4 is 0 Å². The average Bonchev–Trinajstić information content (AvgIpc) is 1.38. The fourth-order valence-electron chi connectivity index (χ4n) is 0. The van der Waals surface area contributed by atoms with Crippen LogP contribution in [0.2, 0.25) is 0 Å². The van der Waals surface area contributed by atoms with Gasteiger partial charge in [-0.25, -0.2) is 0 Å². The molecule has 4 N–H and O–H groups in total. The summed E-state index contributed by atoms with van der Waals surface area (Å²) in [5.74, 6) is 0. The third-order valence-electron chi connectivity index (χ3n) is 0.372. The largest absolute Gasteiger partial charge is 1.00 e. The Morgan fingerprint density at radius 1 is 1.83 bits per heavy atom. The molecular weight excluding hydrogens is 87.0 g/mol. The number of rotatable bonds is 1. The molecule has 0 fully saturated rings. The first kappa shape index (κ1) is 10.0. The Bertz CT molecular complexity index is 26.9. The van der Waals surface area contributed by atoms with Gasteiger partial charge in [0.15, 0.2) is 0 Å². The summed E-state index contributed by atoms with van der Waals surface area (Å²) in [6.07, 6.45) is 0. The van der Waals surface area contributed by atoms with Crippen LogP contribution in [0.5, 0.6) is 0 Å². The van der Waals surface area contributed by atoms with Gasteiger partial charge in [0.25, 0.3) is 0 Å². The van der Waals surface area contributed by atoms with Gasteiger partial charge in [0, 0.05) is 12.6 Å². The van der Waals surface area contributed by atoms with Gasteiger partial charge >= 0.3 is 29.6 Å². The molecule has 0 heterocycles. The van der Waals surface area contributed by atoms with E-state index in [-0.39, 0.29) is 37.0 Å². The van der Waals surface area contributed by atoms with Gasteiger partial charge in [-0.2, -0.15) is 0 Å². The fourth-order valence-corrected chi connectivity index (χ4v) is 0. The summed E-state index contributed by atoms with van der Waals surface area (Å²) in [5.41, 5.74) is 10.2. The van der Waals surface area contributed by atoms with Crippen molar-refractivity contribution in [2.24, 2.45) is 11.5 Å². The summed E-state index contributed by atoms with van der Waals surface area (Å²) in [4.78, 5) is 0. The standard InChI is InChI=1S/C3H10N2.Na.H/c1-3(5)2-4;;/h3H,2,4-5H2,1H3;;/q;+1;-1. The van der Waals surface area contributed by atoms with Gasteiger partial charge in [0.2, 0.25) is 0 Å². The molecule has 0 aromatic carbocycles. The first-order valence-electron chi connectivity index (χ1n) is 1.73. The van der Waals surface area contributed by atoms with Crippen LogP contribution in [-0.2, 0) is 0 Å². The van der Waals surface area contributed by atoms with Gasteiger partial charge in [-0.1, -0.05) is 0 Å². The second-order valence-corrected chi connectivity index (χ2v) is 1.21. The molecule has 0 aromatic rings. The molecule has 34 valence electrons. The van der Waals surface area contributed by atoms with Crippen LogP contribution in [0.15, 0.2) is 0 Å². The summed E-state index contributed by atoms with van der Waals surface area (Å²) in [6.45, 7) is 2.46. The Balaban J connectivity index is -0.0000000800. The van der Waals surface area contributed by atoms with Gasteiger partial charge < -0.3 is 12.9 Å². The topological polar surface area (TPSA) is 52.0 Å². The summed E-state index contributed by atoms with van der Waals surface area (Å²) < 4.78 is 0. The maximum absolute atomic E-state index is 5.17. The zero-order valence-corrected chi connectivity index (χ0v) is 6.44. The van der Waals surface area contributed by atoms with Crippen LogP contribution >= 0.6 is 0 Å². The fraction of sp³-hybridized carbons (Fsp3) is 1.00. The summed E-state index contributed by atoms with van der Waals surface area (Å²) in [5, 5.41) is 0. The van der Waals surface area contributed by atoms with Crippen molar-refractivity contribution in [1.29, 1.82) is 0 Å². The Hall–Kier alpha value is 0.920. The van der Waals surface area contributed by atoms with E-state index in [1.165, 1.54) is 0 Å². The SMILES string of the molecule is CC(N)CN.[H-].[Na+]. The van der Waals surface area contributed by atoms with Crippen molar-refractivity contribution in [2.75, 3.05) is 6.54 Å². The van der Waals surface area contributed by atoms with Crippen LogP contribution in [0.25, 0.3) is 0 Å². The molecule has 0 saturated carbocycles. The predicted octanol–water partition coefficient (Wildman–Crippen LogP) is -3.59. The van der Waals surface area contributed by atoms with E-state index in [9.17, 15) is 0 Å². The van der Waals surface area contributed by atoms with Gasteiger partial charge in [-0.15, -0.1) is 0 Å². The minimum atomic E-state index is 0. The Morgan fingerprint density at radius 2 is 2.00 bits per heavy atom. The van der Waals surface area contributed by atoms with Gasteiger partial charge in [0.1, 0.15) is 0 Å². The second-order valence-electron chi connectivity index (χ2n) is 1.21. The molecule has 1 atom stereocenters. The molecule has 0 spiro atoms. The monoisotopic (exact) mass is 98.1 g/mol. The molecule has 0 aliphatic rings. The quantitative estimate of drug-likeness (QED) is 0.333. The van der Waals surface area contributed by atoms with Crippen LogP contribution in [0.1, 0.15) is 8.35 Å². The summed E-state index contributed by atoms with van der Waals surface area (Å²) in [7, 11) is 0. The number of nitrogens with two attached hydrogens (primary N) is 2. The predicted molar refractivity (Wildman–Crippen MR) is 23.8 cm³/mol. The average molecular weight is 98.1 g/mol. The molecule has 6 heavy (non-hydrogen) atoms. The van der Waals surface area contributed by atoms with E-state index in [4.69, 9.17) is 11.5 Å². The smallest absolute Gasteiger partial charge is 1.00 e. The van der Waals surface area contributed by atoms with Crippen molar-refractivity contribution in [3.05, 3.63) is 0 Å². The minimum absolute atomic E-state index is 0. The zero-order chi connectivity index (χ0) is 4.28. The van der Waals surface area contributed by atoms with Crippen LogP contribution in [-0.4, -0.2) is 12.6 Å². The van der Waals surface area contributed by atoms with E-state index in [1.807, 2.05) is 6.92 Å². The van der Waals surface area contributed by atoms with E-state index in [1.54, 1.807) is 0 Å². The number of hydrogen-bond donors (Lipinski definition) is 2. The molecule has 0 bridgehead atoms. The maximum atomic E-state index is 5.17. The van der Waals surface area contributed by atoms with Crippen LogP contribution < -0.4 is 41.0 Å². The molecule has 0 aliphatic heterocycles. The van der Waals surface area contributed by atoms with Crippen molar-refractivity contribution in [2.45, 2.75) is 13.0 Å². The van der Waals surface area contributed by atoms with Gasteiger partial charge in [-0.3, -0.25) is 0 Å². The molecule has 1 unspecified atom stereocenters. The van der Waals surface area contributed by atoms with Crippen molar-refractivity contribution in [3.8, 4) is 0 Å². The van der Waals surface area contributed by atoms with Crippen LogP contribution in [0.3, 0.4) is 0 Å². The molecule has 0 aliphatic carbocycles. The second kappa shape index (κ2) is 5.92. The molecule has 0 rings (SSSR count). The van der Waals surface area contributed by atoms with Crippen LogP contribution in [0, 0.1) is 0 Å². The normalized spacial score (nSPS) is 12.5. The first-order chi connectivity index (χ1) is 2.27. The molecular formula is C3H11N2Na. The Kier molecular flexibility index (Phi) is 9.89. The molecule has 0 saturated heterocycles. The third-order valence-corrected chi connectivity index (χ3v) is 0.372. The van der Waals surface area contributed by atoms with Crippen LogP contribution in [0.4, 0.5) is 0 Å². The maximum Gasteiger partial charge on any atom is 1.00 e. The van der Waals surface area contributed by atoms with E-state index < -0.39 is 0 Å². The zero-order valence-electron chi connectivity index (χ0n) is 5.44. The Morgan fingerprint density at radius 3 is 2.00 bits per heavy atom. The van der Waals surface area contributed by atoms with Crippen molar-refractivity contribution < 1.29 is 31.0 Å². The molecule has 3 heteroatoms. The van der Waals surface area contributed by atoms with E-state index in [2.05, 4.69) is 0 Å². The van der Waals surface area contributed by atoms with E-state index in [0.717, 1.165) is 0 Å². The van der Waals surface area contributed by atoms with Crippen molar-refractivity contribution in [3.63, 3.8) is 0 Å². The van der Waals surface area contributed by atoms with Crippen molar-refractivity contribution in [1.82, 2.24) is 0 Å². The molecule has 0 amide bonds. The first-order valence-corrected chi connectivity index (χ1v) is 1.73. The molecule has 2 nitrogen and oxygen atoms in total. The van der Waals surface area contributed by atoms with E-state index >= 15 is 0 Å². The van der Waals surface area contributed by atoms with Gasteiger partial charge in [-0.05, 0) is 6.92 Å². The molecule has 0 aromatic heterocycles.